The minimum atomic E-state index is -0.466. The predicted octanol–water partition coefficient (Wildman–Crippen LogP) is 3.17. The first-order valence-corrected chi connectivity index (χ1v) is 5.48. The highest BCUT2D eigenvalue weighted by molar-refractivity contribution is 5.81. The molecule has 0 aliphatic carbocycles. The van der Waals surface area contributed by atoms with Crippen molar-refractivity contribution in [2.24, 2.45) is 0 Å². The molecule has 0 radical (unpaired) electrons. The summed E-state index contributed by atoms with van der Waals surface area (Å²) in [6, 6.07) is 13.5. The highest BCUT2D eigenvalue weighted by atomic mass is 16.4. The van der Waals surface area contributed by atoms with E-state index in [1.54, 1.807) is 42.5 Å². The van der Waals surface area contributed by atoms with Gasteiger partial charge in [0.1, 0.15) is 5.58 Å². The molecule has 0 unspecified atom stereocenters. The van der Waals surface area contributed by atoms with Gasteiger partial charge in [0, 0.05) is 5.56 Å². The SMILES string of the molecule is [2H]c1cccc(-c2oc3ccccc3c(=O)c2O)c1. The molecule has 3 nitrogen and oxygen atoms in total. The normalized spacial score (nSPS) is 11.4. The van der Waals surface area contributed by atoms with Crippen LogP contribution in [0.4, 0.5) is 0 Å². The maximum absolute atomic E-state index is 12.1. The molecule has 0 saturated heterocycles. The molecule has 2 aromatic carbocycles. The van der Waals surface area contributed by atoms with E-state index in [0.717, 1.165) is 0 Å². The van der Waals surface area contributed by atoms with Crippen LogP contribution in [0.3, 0.4) is 0 Å². The van der Waals surface area contributed by atoms with Crippen molar-refractivity contribution >= 4 is 11.0 Å². The van der Waals surface area contributed by atoms with Crippen molar-refractivity contribution in [3.05, 3.63) is 64.8 Å². The maximum Gasteiger partial charge on any atom is 0.235 e. The van der Waals surface area contributed by atoms with Crippen molar-refractivity contribution in [3.8, 4) is 17.1 Å². The van der Waals surface area contributed by atoms with Crippen LogP contribution in [0.25, 0.3) is 22.3 Å². The fraction of sp³-hybridized carbons (Fsp3) is 0. The van der Waals surface area contributed by atoms with Gasteiger partial charge in [-0.3, -0.25) is 4.79 Å². The number of para-hydroxylation sites is 1. The first-order chi connectivity index (χ1) is 9.16. The van der Waals surface area contributed by atoms with Gasteiger partial charge >= 0.3 is 0 Å². The molecular formula is C15H10O3. The van der Waals surface area contributed by atoms with Crippen LogP contribution in [0.2, 0.25) is 0 Å². The Bertz CT molecular complexity index is 821. The standard InChI is InChI=1S/C15H10O3/c16-13-11-8-4-5-9-12(11)18-15(14(13)17)10-6-2-1-3-7-10/h1-9,17H/i2D. The van der Waals surface area contributed by atoms with Gasteiger partial charge in [0.15, 0.2) is 5.76 Å². The van der Waals surface area contributed by atoms with Crippen molar-refractivity contribution in [2.45, 2.75) is 0 Å². The van der Waals surface area contributed by atoms with Crippen LogP contribution in [-0.2, 0) is 0 Å². The van der Waals surface area contributed by atoms with Gasteiger partial charge in [-0.25, -0.2) is 0 Å². The van der Waals surface area contributed by atoms with Gasteiger partial charge < -0.3 is 9.52 Å². The fourth-order valence-corrected chi connectivity index (χ4v) is 1.86. The topological polar surface area (TPSA) is 50.4 Å². The lowest BCUT2D eigenvalue weighted by molar-refractivity contribution is 0.449. The van der Waals surface area contributed by atoms with E-state index in [4.69, 9.17) is 5.79 Å². The fourth-order valence-electron chi connectivity index (χ4n) is 1.86. The molecule has 3 rings (SSSR count). The first-order valence-electron chi connectivity index (χ1n) is 5.98. The monoisotopic (exact) mass is 239 g/mol. The van der Waals surface area contributed by atoms with Crippen LogP contribution >= 0.6 is 0 Å². The zero-order valence-electron chi connectivity index (χ0n) is 10.4. The molecule has 0 aliphatic heterocycles. The average molecular weight is 239 g/mol. The first kappa shape index (κ1) is 9.48. The van der Waals surface area contributed by atoms with E-state index < -0.39 is 11.2 Å². The number of benzene rings is 2. The lowest BCUT2D eigenvalue weighted by atomic mass is 10.1. The van der Waals surface area contributed by atoms with Crippen molar-refractivity contribution in [2.75, 3.05) is 0 Å². The summed E-state index contributed by atoms with van der Waals surface area (Å²) in [5, 5.41) is 10.3. The van der Waals surface area contributed by atoms with Crippen molar-refractivity contribution in [1.82, 2.24) is 0 Å². The third-order valence-electron chi connectivity index (χ3n) is 2.74. The second-order valence-electron chi connectivity index (χ2n) is 3.90. The van der Waals surface area contributed by atoms with E-state index in [9.17, 15) is 9.90 Å². The van der Waals surface area contributed by atoms with Crippen LogP contribution < -0.4 is 5.43 Å². The molecule has 0 atom stereocenters. The minimum Gasteiger partial charge on any atom is -0.502 e. The van der Waals surface area contributed by atoms with Crippen LogP contribution in [0.1, 0.15) is 1.37 Å². The van der Waals surface area contributed by atoms with E-state index >= 15 is 0 Å². The molecule has 3 aromatic rings. The molecule has 88 valence electrons. The van der Waals surface area contributed by atoms with Crippen LogP contribution in [0.5, 0.6) is 5.75 Å². The molecular weight excluding hydrogens is 228 g/mol. The minimum absolute atomic E-state index is 0.0952. The molecule has 1 heterocycles. The summed E-state index contributed by atoms with van der Waals surface area (Å²) in [5.74, 6) is -0.331. The number of hydrogen-bond acceptors (Lipinski definition) is 3. The summed E-state index contributed by atoms with van der Waals surface area (Å²) in [5.41, 5.74) is 0.454. The Morgan fingerprint density at radius 1 is 1.06 bits per heavy atom. The lowest BCUT2D eigenvalue weighted by Gasteiger charge is -2.05. The van der Waals surface area contributed by atoms with E-state index in [2.05, 4.69) is 0 Å². The van der Waals surface area contributed by atoms with E-state index in [1.165, 1.54) is 6.07 Å². The van der Waals surface area contributed by atoms with Gasteiger partial charge in [-0.05, 0) is 12.1 Å². The third-order valence-corrected chi connectivity index (χ3v) is 2.74. The van der Waals surface area contributed by atoms with E-state index in [-0.39, 0.29) is 11.8 Å². The van der Waals surface area contributed by atoms with Crippen molar-refractivity contribution in [3.63, 3.8) is 0 Å². The highest BCUT2D eigenvalue weighted by Gasteiger charge is 2.14. The number of fused-ring (bicyclic) bond motifs is 1. The Morgan fingerprint density at radius 3 is 2.67 bits per heavy atom. The number of hydrogen-bond donors (Lipinski definition) is 1. The van der Waals surface area contributed by atoms with Crippen molar-refractivity contribution in [1.29, 1.82) is 0 Å². The molecule has 0 saturated carbocycles. The number of aromatic hydroxyl groups is 1. The molecule has 0 bridgehead atoms. The molecule has 0 fully saturated rings. The van der Waals surface area contributed by atoms with Gasteiger partial charge in [-0.1, -0.05) is 42.4 Å². The second kappa shape index (κ2) is 4.04. The Hall–Kier alpha value is -2.55. The Balaban J connectivity index is 2.36. The summed E-state index contributed by atoms with van der Waals surface area (Å²) in [4.78, 5) is 12.1. The van der Waals surface area contributed by atoms with Gasteiger partial charge in [0.25, 0.3) is 0 Å². The maximum atomic E-state index is 12.1. The van der Waals surface area contributed by atoms with Crippen LogP contribution in [0.15, 0.2) is 63.8 Å². The Morgan fingerprint density at radius 2 is 1.83 bits per heavy atom. The summed E-state index contributed by atoms with van der Waals surface area (Å²) >= 11 is 0. The van der Waals surface area contributed by atoms with Gasteiger partial charge in [-0.2, -0.15) is 0 Å². The second-order valence-corrected chi connectivity index (χ2v) is 3.90. The molecule has 18 heavy (non-hydrogen) atoms. The lowest BCUT2D eigenvalue weighted by Crippen LogP contribution is -2.02. The van der Waals surface area contributed by atoms with Crippen LogP contribution in [-0.4, -0.2) is 5.11 Å². The third kappa shape index (κ3) is 1.57. The molecule has 0 aliphatic rings. The molecule has 1 aromatic heterocycles. The summed E-state index contributed by atoms with van der Waals surface area (Å²) < 4.78 is 13.2. The van der Waals surface area contributed by atoms with Gasteiger partial charge in [0.2, 0.25) is 11.2 Å². The number of rotatable bonds is 1. The smallest absolute Gasteiger partial charge is 0.235 e. The Labute approximate surface area is 104 Å². The van der Waals surface area contributed by atoms with E-state index in [0.29, 0.717) is 16.5 Å². The van der Waals surface area contributed by atoms with Gasteiger partial charge in [0.05, 0.1) is 6.76 Å². The highest BCUT2D eigenvalue weighted by Crippen LogP contribution is 2.29. The Kier molecular flexibility index (Phi) is 2.12. The zero-order chi connectivity index (χ0) is 13.4. The molecule has 1 N–H and O–H groups in total. The van der Waals surface area contributed by atoms with Crippen molar-refractivity contribution < 1.29 is 10.9 Å². The molecule has 0 spiro atoms. The molecule has 3 heteroatoms. The molecule has 0 amide bonds. The van der Waals surface area contributed by atoms with Crippen LogP contribution in [0, 0.1) is 0 Å². The largest absolute Gasteiger partial charge is 0.502 e. The van der Waals surface area contributed by atoms with E-state index in [1.807, 2.05) is 0 Å². The average Bonchev–Trinajstić information content (AvgIpc) is 2.43. The summed E-state index contributed by atoms with van der Waals surface area (Å²) in [6.45, 7) is 0. The predicted molar refractivity (Wildman–Crippen MR) is 69.6 cm³/mol. The quantitative estimate of drug-likeness (QED) is 0.709. The zero-order valence-corrected chi connectivity index (χ0v) is 9.38. The van der Waals surface area contributed by atoms with Gasteiger partial charge in [-0.15, -0.1) is 0 Å². The summed E-state index contributed by atoms with van der Waals surface area (Å²) in [6.07, 6.45) is 0. The summed E-state index contributed by atoms with van der Waals surface area (Å²) in [7, 11) is 0.